The number of alkyl halides is 3. The largest absolute Gasteiger partial charge is 0.445 e. The van der Waals surface area contributed by atoms with Gasteiger partial charge in [0, 0.05) is 37.4 Å². The van der Waals surface area contributed by atoms with E-state index in [0.29, 0.717) is 48.8 Å². The molecule has 1 N–H and O–H groups in total. The number of piperazine rings is 1. The van der Waals surface area contributed by atoms with E-state index < -0.39 is 17.0 Å². The Morgan fingerprint density at radius 3 is 2.50 bits per heavy atom. The molecule has 2 amide bonds. The van der Waals surface area contributed by atoms with Crippen molar-refractivity contribution in [2.24, 2.45) is 0 Å². The van der Waals surface area contributed by atoms with Gasteiger partial charge in [0.15, 0.2) is 0 Å². The van der Waals surface area contributed by atoms with Gasteiger partial charge in [-0.1, -0.05) is 17.4 Å². The van der Waals surface area contributed by atoms with Gasteiger partial charge in [0.2, 0.25) is 10.1 Å². The molecule has 6 nitrogen and oxygen atoms in total. The van der Waals surface area contributed by atoms with Crippen molar-refractivity contribution in [2.45, 2.75) is 13.1 Å². The number of anilines is 2. The Labute approximate surface area is 150 Å². The van der Waals surface area contributed by atoms with Gasteiger partial charge in [0.1, 0.15) is 5.82 Å². The number of halogens is 4. The van der Waals surface area contributed by atoms with Crippen molar-refractivity contribution >= 4 is 28.2 Å². The molecule has 0 aliphatic carbocycles. The summed E-state index contributed by atoms with van der Waals surface area (Å²) in [5.41, 5.74) is 0.726. The highest BCUT2D eigenvalue weighted by atomic mass is 32.1. The zero-order chi connectivity index (χ0) is 18.9. The molecule has 1 fully saturated rings. The van der Waals surface area contributed by atoms with Crippen LogP contribution in [0, 0.1) is 12.7 Å². The summed E-state index contributed by atoms with van der Waals surface area (Å²) in [6.07, 6.45) is -4.51. The third-order valence-electron chi connectivity index (χ3n) is 4.00. The van der Waals surface area contributed by atoms with Gasteiger partial charge in [-0.2, -0.15) is 13.2 Å². The first-order valence-electron chi connectivity index (χ1n) is 7.72. The summed E-state index contributed by atoms with van der Waals surface area (Å²) in [4.78, 5) is 15.5. The number of carbonyl (C=O) groups is 1. The minimum Gasteiger partial charge on any atom is -0.343 e. The molecule has 2 heterocycles. The van der Waals surface area contributed by atoms with Gasteiger partial charge in [-0.3, -0.25) is 0 Å². The lowest BCUT2D eigenvalue weighted by atomic mass is 10.2. The van der Waals surface area contributed by atoms with E-state index in [0.717, 1.165) is 0 Å². The van der Waals surface area contributed by atoms with Crippen LogP contribution in [0.1, 0.15) is 10.6 Å². The average Bonchev–Trinajstić information content (AvgIpc) is 3.09. The van der Waals surface area contributed by atoms with Crippen molar-refractivity contribution in [1.82, 2.24) is 15.1 Å². The second-order valence-corrected chi connectivity index (χ2v) is 6.66. The molecule has 3 rings (SSSR count). The number of rotatable bonds is 2. The lowest BCUT2D eigenvalue weighted by Crippen LogP contribution is -2.50. The van der Waals surface area contributed by atoms with E-state index >= 15 is 0 Å². The Balaban J connectivity index is 1.59. The smallest absolute Gasteiger partial charge is 0.343 e. The summed E-state index contributed by atoms with van der Waals surface area (Å²) in [5.74, 6) is -0.413. The molecule has 0 spiro atoms. The van der Waals surface area contributed by atoms with Crippen molar-refractivity contribution in [3.05, 3.63) is 34.6 Å². The van der Waals surface area contributed by atoms with Crippen LogP contribution in [-0.2, 0) is 6.18 Å². The summed E-state index contributed by atoms with van der Waals surface area (Å²) >= 11 is 0.480. The van der Waals surface area contributed by atoms with Crippen LogP contribution in [0.4, 0.5) is 33.2 Å². The van der Waals surface area contributed by atoms with Crippen LogP contribution >= 0.6 is 11.3 Å². The van der Waals surface area contributed by atoms with Crippen LogP contribution < -0.4 is 10.2 Å². The normalized spacial score (nSPS) is 15.3. The molecule has 11 heteroatoms. The van der Waals surface area contributed by atoms with Crippen molar-refractivity contribution in [3.8, 4) is 0 Å². The molecule has 26 heavy (non-hydrogen) atoms. The Morgan fingerprint density at radius 2 is 1.88 bits per heavy atom. The maximum atomic E-state index is 13.5. The van der Waals surface area contributed by atoms with Crippen LogP contribution in [0.3, 0.4) is 0 Å². The highest BCUT2D eigenvalue weighted by molar-refractivity contribution is 7.15. The highest BCUT2D eigenvalue weighted by Gasteiger charge is 2.36. The van der Waals surface area contributed by atoms with Gasteiger partial charge >= 0.3 is 12.2 Å². The Kier molecular flexibility index (Phi) is 4.99. The number of hydrogen-bond acceptors (Lipinski definition) is 5. The van der Waals surface area contributed by atoms with Crippen LogP contribution in [0.2, 0.25) is 0 Å². The number of amides is 2. The minimum atomic E-state index is -4.51. The summed E-state index contributed by atoms with van der Waals surface area (Å²) < 4.78 is 51.4. The molecule has 0 saturated carbocycles. The third kappa shape index (κ3) is 3.87. The van der Waals surface area contributed by atoms with Crippen LogP contribution in [0.5, 0.6) is 0 Å². The second-order valence-electron chi connectivity index (χ2n) is 5.70. The molecule has 140 valence electrons. The SMILES string of the molecule is Cc1c(F)cccc1NC(=O)N1CCN(c2nnc(C(F)(F)F)s2)CC1. The standard InChI is InChI=1S/C15H15F4N5OS/c1-9-10(16)3-2-4-11(9)20-13(25)23-5-7-24(8-6-23)14-22-21-12(26-14)15(17,18)19/h2-4H,5-8H2,1H3,(H,20,25). The summed E-state index contributed by atoms with van der Waals surface area (Å²) in [7, 11) is 0. The van der Waals surface area contributed by atoms with E-state index in [4.69, 9.17) is 0 Å². The number of nitrogens with one attached hydrogen (secondary N) is 1. The van der Waals surface area contributed by atoms with E-state index in [9.17, 15) is 22.4 Å². The fourth-order valence-corrected chi connectivity index (χ4v) is 3.26. The Morgan fingerprint density at radius 1 is 1.19 bits per heavy atom. The number of hydrogen-bond donors (Lipinski definition) is 1. The first kappa shape index (κ1) is 18.4. The van der Waals surface area contributed by atoms with Crippen LogP contribution in [0.25, 0.3) is 0 Å². The Bertz CT molecular complexity index is 802. The lowest BCUT2D eigenvalue weighted by Gasteiger charge is -2.34. The molecule has 0 atom stereocenters. The monoisotopic (exact) mass is 389 g/mol. The van der Waals surface area contributed by atoms with E-state index in [1.54, 1.807) is 17.9 Å². The molecule has 1 aromatic heterocycles. The van der Waals surface area contributed by atoms with Crippen LogP contribution in [-0.4, -0.2) is 47.3 Å². The fourth-order valence-electron chi connectivity index (χ4n) is 2.50. The first-order valence-corrected chi connectivity index (χ1v) is 8.54. The van der Waals surface area contributed by atoms with E-state index in [2.05, 4.69) is 15.5 Å². The summed E-state index contributed by atoms with van der Waals surface area (Å²) in [6, 6.07) is 4.03. The quantitative estimate of drug-likeness (QED) is 0.801. The second kappa shape index (κ2) is 7.06. The minimum absolute atomic E-state index is 0.179. The topological polar surface area (TPSA) is 61.4 Å². The van der Waals surface area contributed by atoms with Gasteiger partial charge in [0.25, 0.3) is 0 Å². The first-order chi connectivity index (χ1) is 12.3. The molecule has 1 aliphatic rings. The molecule has 0 unspecified atom stereocenters. The highest BCUT2D eigenvalue weighted by Crippen LogP contribution is 2.34. The van der Waals surface area contributed by atoms with Crippen molar-refractivity contribution < 1.29 is 22.4 Å². The molecule has 0 radical (unpaired) electrons. The van der Waals surface area contributed by atoms with Crippen LogP contribution in [0.15, 0.2) is 18.2 Å². The summed E-state index contributed by atoms with van der Waals surface area (Å²) in [5, 5.41) is 8.58. The zero-order valence-corrected chi connectivity index (χ0v) is 14.5. The van der Waals surface area contributed by atoms with Gasteiger partial charge in [-0.05, 0) is 19.1 Å². The number of aromatic nitrogens is 2. The maximum Gasteiger partial charge on any atom is 0.445 e. The third-order valence-corrected chi connectivity index (χ3v) is 5.03. The van der Waals surface area contributed by atoms with Gasteiger partial charge in [0.05, 0.1) is 0 Å². The van der Waals surface area contributed by atoms with E-state index in [1.807, 2.05) is 0 Å². The molecular weight excluding hydrogens is 374 g/mol. The zero-order valence-electron chi connectivity index (χ0n) is 13.7. The van der Waals surface area contributed by atoms with Gasteiger partial charge < -0.3 is 15.1 Å². The number of benzene rings is 1. The van der Waals surface area contributed by atoms with Gasteiger partial charge in [-0.25, -0.2) is 9.18 Å². The van der Waals surface area contributed by atoms with E-state index in [1.165, 1.54) is 17.0 Å². The van der Waals surface area contributed by atoms with Crippen molar-refractivity contribution in [1.29, 1.82) is 0 Å². The molecular formula is C15H15F4N5OS. The molecule has 0 bridgehead atoms. The maximum absolute atomic E-state index is 13.5. The molecule has 1 aromatic carbocycles. The van der Waals surface area contributed by atoms with Crippen molar-refractivity contribution in [3.63, 3.8) is 0 Å². The Hall–Kier alpha value is -2.43. The van der Waals surface area contributed by atoms with Crippen molar-refractivity contribution in [2.75, 3.05) is 36.4 Å². The predicted octanol–water partition coefficient (Wildman–Crippen LogP) is 3.36. The predicted molar refractivity (Wildman–Crippen MR) is 88.9 cm³/mol. The lowest BCUT2D eigenvalue weighted by molar-refractivity contribution is -0.138. The number of carbonyl (C=O) groups excluding carboxylic acids is 1. The number of nitrogens with zero attached hydrogens (tertiary/aromatic N) is 4. The van der Waals surface area contributed by atoms with Gasteiger partial charge in [-0.15, -0.1) is 10.2 Å². The summed E-state index contributed by atoms with van der Waals surface area (Å²) in [6.45, 7) is 2.85. The number of urea groups is 1. The fraction of sp³-hybridized carbons (Fsp3) is 0.400. The molecule has 1 saturated heterocycles. The van der Waals surface area contributed by atoms with E-state index in [-0.39, 0.29) is 11.2 Å². The molecule has 1 aliphatic heterocycles. The average molecular weight is 389 g/mol. The molecule has 2 aromatic rings.